The SMILES string of the molecule is COc1cccc(C(=O)CS(=O)(=O)CC(=O)Nc2cccc(C)c2)c1. The fourth-order valence-corrected chi connectivity index (χ4v) is 3.39. The number of amides is 1. The van der Waals surface area contributed by atoms with Crippen molar-refractivity contribution in [1.82, 2.24) is 0 Å². The predicted octanol–water partition coefficient (Wildman–Crippen LogP) is 2.24. The number of benzene rings is 2. The van der Waals surface area contributed by atoms with Gasteiger partial charge >= 0.3 is 0 Å². The molecule has 0 fully saturated rings. The lowest BCUT2D eigenvalue weighted by atomic mass is 10.1. The summed E-state index contributed by atoms with van der Waals surface area (Å²) in [6.07, 6.45) is 0. The fourth-order valence-electron chi connectivity index (χ4n) is 2.25. The molecule has 0 aromatic heterocycles. The average molecular weight is 361 g/mol. The van der Waals surface area contributed by atoms with Crippen molar-refractivity contribution in [3.63, 3.8) is 0 Å². The number of nitrogens with one attached hydrogen (secondary N) is 1. The number of rotatable bonds is 7. The van der Waals surface area contributed by atoms with Crippen LogP contribution in [0.2, 0.25) is 0 Å². The Kier molecular flexibility index (Phi) is 5.93. The smallest absolute Gasteiger partial charge is 0.239 e. The zero-order chi connectivity index (χ0) is 18.4. The molecule has 0 saturated heterocycles. The van der Waals surface area contributed by atoms with E-state index in [1.165, 1.54) is 19.2 Å². The van der Waals surface area contributed by atoms with E-state index in [1.807, 2.05) is 13.0 Å². The Labute approximate surface area is 146 Å². The minimum absolute atomic E-state index is 0.224. The fraction of sp³-hybridized carbons (Fsp3) is 0.222. The monoisotopic (exact) mass is 361 g/mol. The van der Waals surface area contributed by atoms with Gasteiger partial charge in [0, 0.05) is 11.3 Å². The van der Waals surface area contributed by atoms with Crippen molar-refractivity contribution in [1.29, 1.82) is 0 Å². The molecule has 2 aromatic carbocycles. The van der Waals surface area contributed by atoms with E-state index < -0.39 is 33.0 Å². The summed E-state index contributed by atoms with van der Waals surface area (Å²) in [5.41, 5.74) is 1.68. The molecule has 0 saturated carbocycles. The maximum absolute atomic E-state index is 12.1. The lowest BCUT2D eigenvalue weighted by Crippen LogP contribution is -2.27. The predicted molar refractivity (Wildman–Crippen MR) is 95.8 cm³/mol. The molecular weight excluding hydrogens is 342 g/mol. The number of ketones is 1. The first-order chi connectivity index (χ1) is 11.8. The van der Waals surface area contributed by atoms with Gasteiger partial charge in [-0.25, -0.2) is 8.42 Å². The maximum atomic E-state index is 12.1. The number of carbonyl (C=O) groups is 2. The third kappa shape index (κ3) is 5.72. The van der Waals surface area contributed by atoms with Gasteiger partial charge in [0.05, 0.1) is 7.11 Å². The van der Waals surface area contributed by atoms with Gasteiger partial charge in [-0.3, -0.25) is 9.59 Å². The van der Waals surface area contributed by atoms with Gasteiger partial charge < -0.3 is 10.1 Å². The number of ether oxygens (including phenoxy) is 1. The van der Waals surface area contributed by atoms with Gasteiger partial charge in [-0.1, -0.05) is 24.3 Å². The first kappa shape index (κ1) is 18.7. The highest BCUT2D eigenvalue weighted by Gasteiger charge is 2.22. The van der Waals surface area contributed by atoms with E-state index in [9.17, 15) is 18.0 Å². The Morgan fingerprint density at radius 3 is 2.44 bits per heavy atom. The number of carbonyl (C=O) groups excluding carboxylic acids is 2. The molecule has 0 atom stereocenters. The van der Waals surface area contributed by atoms with E-state index in [0.29, 0.717) is 11.4 Å². The van der Waals surface area contributed by atoms with Crippen LogP contribution in [0, 0.1) is 6.92 Å². The molecule has 1 N–H and O–H groups in total. The topological polar surface area (TPSA) is 89.5 Å². The number of hydrogen-bond acceptors (Lipinski definition) is 5. The number of hydrogen-bond donors (Lipinski definition) is 1. The molecule has 2 aromatic rings. The summed E-state index contributed by atoms with van der Waals surface area (Å²) in [5, 5.41) is 2.52. The lowest BCUT2D eigenvalue weighted by molar-refractivity contribution is -0.113. The molecule has 132 valence electrons. The Bertz CT molecular complexity index is 890. The number of anilines is 1. The van der Waals surface area contributed by atoms with Crippen LogP contribution in [-0.2, 0) is 14.6 Å². The van der Waals surface area contributed by atoms with Gasteiger partial charge in [-0.2, -0.15) is 0 Å². The van der Waals surface area contributed by atoms with Crippen molar-refractivity contribution in [3.05, 3.63) is 59.7 Å². The molecule has 6 nitrogen and oxygen atoms in total. The summed E-state index contributed by atoms with van der Waals surface area (Å²) < 4.78 is 29.3. The molecule has 2 rings (SSSR count). The summed E-state index contributed by atoms with van der Waals surface area (Å²) in [6, 6.07) is 13.2. The number of methoxy groups -OCH3 is 1. The first-order valence-corrected chi connectivity index (χ1v) is 9.35. The summed E-state index contributed by atoms with van der Waals surface area (Å²) in [7, 11) is -2.43. The van der Waals surface area contributed by atoms with Gasteiger partial charge in [0.25, 0.3) is 0 Å². The second kappa shape index (κ2) is 7.94. The van der Waals surface area contributed by atoms with Crippen LogP contribution in [0.1, 0.15) is 15.9 Å². The Morgan fingerprint density at radius 2 is 1.76 bits per heavy atom. The van der Waals surface area contributed by atoms with Crippen LogP contribution in [0.25, 0.3) is 0 Å². The van der Waals surface area contributed by atoms with Gasteiger partial charge in [-0.15, -0.1) is 0 Å². The highest BCUT2D eigenvalue weighted by molar-refractivity contribution is 7.92. The van der Waals surface area contributed by atoms with Gasteiger partial charge in [0.15, 0.2) is 15.6 Å². The van der Waals surface area contributed by atoms with E-state index in [4.69, 9.17) is 4.74 Å². The Balaban J connectivity index is 2.00. The van der Waals surface area contributed by atoms with Crippen LogP contribution in [0.4, 0.5) is 5.69 Å². The largest absolute Gasteiger partial charge is 0.497 e. The summed E-state index contributed by atoms with van der Waals surface area (Å²) >= 11 is 0. The molecule has 7 heteroatoms. The normalized spacial score (nSPS) is 11.0. The zero-order valence-electron chi connectivity index (χ0n) is 14.0. The van der Waals surface area contributed by atoms with Crippen LogP contribution in [0.3, 0.4) is 0 Å². The molecule has 0 spiro atoms. The molecule has 0 unspecified atom stereocenters. The van der Waals surface area contributed by atoms with Crippen molar-refractivity contribution in [2.45, 2.75) is 6.92 Å². The second-order valence-corrected chi connectivity index (χ2v) is 7.67. The zero-order valence-corrected chi connectivity index (χ0v) is 14.8. The van der Waals surface area contributed by atoms with Crippen LogP contribution < -0.4 is 10.1 Å². The highest BCUT2D eigenvalue weighted by atomic mass is 32.2. The van der Waals surface area contributed by atoms with Gasteiger partial charge in [0.2, 0.25) is 5.91 Å². The third-order valence-electron chi connectivity index (χ3n) is 3.40. The van der Waals surface area contributed by atoms with Crippen molar-refractivity contribution < 1.29 is 22.7 Å². The molecular formula is C18H19NO5S. The third-order valence-corrected chi connectivity index (χ3v) is 4.80. The van der Waals surface area contributed by atoms with Gasteiger partial charge in [0.1, 0.15) is 17.3 Å². The Hall–Kier alpha value is -2.67. The lowest BCUT2D eigenvalue weighted by Gasteiger charge is -2.07. The minimum atomic E-state index is -3.88. The molecule has 0 aliphatic rings. The van der Waals surface area contributed by atoms with Crippen molar-refractivity contribution in [3.8, 4) is 5.75 Å². The molecule has 0 heterocycles. The van der Waals surface area contributed by atoms with Crippen molar-refractivity contribution in [2.24, 2.45) is 0 Å². The van der Waals surface area contributed by atoms with Crippen LogP contribution in [0.5, 0.6) is 5.75 Å². The second-order valence-electron chi connectivity index (χ2n) is 5.61. The quantitative estimate of drug-likeness (QED) is 0.764. The van der Waals surface area contributed by atoms with E-state index in [2.05, 4.69) is 5.32 Å². The van der Waals surface area contributed by atoms with Crippen LogP contribution in [-0.4, -0.2) is 38.7 Å². The number of sulfone groups is 1. The summed E-state index contributed by atoms with van der Waals surface area (Å²) in [6.45, 7) is 1.86. The maximum Gasteiger partial charge on any atom is 0.239 e. The molecule has 25 heavy (non-hydrogen) atoms. The average Bonchev–Trinajstić information content (AvgIpc) is 2.53. The van der Waals surface area contributed by atoms with E-state index in [0.717, 1.165) is 5.56 Å². The van der Waals surface area contributed by atoms with Crippen molar-refractivity contribution >= 4 is 27.2 Å². The molecule has 0 bridgehead atoms. The highest BCUT2D eigenvalue weighted by Crippen LogP contribution is 2.14. The minimum Gasteiger partial charge on any atom is -0.497 e. The summed E-state index contributed by atoms with van der Waals surface area (Å²) in [4.78, 5) is 24.1. The van der Waals surface area contributed by atoms with Crippen molar-refractivity contribution in [2.75, 3.05) is 23.9 Å². The van der Waals surface area contributed by atoms with Crippen LogP contribution in [0.15, 0.2) is 48.5 Å². The first-order valence-electron chi connectivity index (χ1n) is 7.53. The molecule has 0 aliphatic carbocycles. The standard InChI is InChI=1S/C18H19NO5S/c1-13-5-3-7-15(9-13)19-18(21)12-25(22,23)11-17(20)14-6-4-8-16(10-14)24-2/h3-10H,11-12H2,1-2H3,(H,19,21). The van der Waals surface area contributed by atoms with E-state index >= 15 is 0 Å². The summed E-state index contributed by atoms with van der Waals surface area (Å²) in [5.74, 6) is -2.29. The van der Waals surface area contributed by atoms with E-state index in [1.54, 1.807) is 30.3 Å². The van der Waals surface area contributed by atoms with Gasteiger partial charge in [-0.05, 0) is 36.8 Å². The van der Waals surface area contributed by atoms with Crippen LogP contribution >= 0.6 is 0 Å². The molecule has 0 aliphatic heterocycles. The number of Topliss-reactive ketones (excluding diaryl/α,β-unsaturated/α-hetero) is 1. The molecule has 0 radical (unpaired) electrons. The number of aryl methyl sites for hydroxylation is 1. The Morgan fingerprint density at radius 1 is 1.04 bits per heavy atom. The molecule has 1 amide bonds. The van der Waals surface area contributed by atoms with E-state index in [-0.39, 0.29) is 5.56 Å².